The Morgan fingerprint density at radius 2 is 2.08 bits per heavy atom. The van der Waals surface area contributed by atoms with Crippen LogP contribution in [0.5, 0.6) is 0 Å². The molecule has 5 nitrogen and oxygen atoms in total. The Morgan fingerprint density at radius 1 is 1.42 bits per heavy atom. The van der Waals surface area contributed by atoms with E-state index in [0.717, 1.165) is 10.6 Å². The molecule has 0 radical (unpaired) electrons. The summed E-state index contributed by atoms with van der Waals surface area (Å²) in [6.45, 7) is 5.45. The molecule has 1 aromatic rings. The van der Waals surface area contributed by atoms with Crippen LogP contribution in [0.3, 0.4) is 0 Å². The molecule has 2 atom stereocenters. The molecule has 6 heteroatoms. The van der Waals surface area contributed by atoms with E-state index in [1.165, 1.54) is 6.20 Å². The molecule has 0 saturated carbocycles. The Bertz CT molecular complexity index is 644. The second-order valence-electron chi connectivity index (χ2n) is 5.93. The van der Waals surface area contributed by atoms with Gasteiger partial charge in [-0.25, -0.2) is 0 Å². The third-order valence-corrected chi connectivity index (χ3v) is 4.17. The molecule has 1 saturated heterocycles. The maximum Gasteiger partial charge on any atom is 0.266 e. The van der Waals surface area contributed by atoms with Gasteiger partial charge in [-0.05, 0) is 31.9 Å². The number of halogens is 1. The molecule has 1 fully saturated rings. The number of nitrogens with one attached hydrogen (secondary N) is 1. The molecule has 2 unspecified atom stereocenters. The van der Waals surface area contributed by atoms with Crippen molar-refractivity contribution in [2.45, 2.75) is 32.5 Å². The van der Waals surface area contributed by atoms with Gasteiger partial charge in [0, 0.05) is 30.9 Å². The van der Waals surface area contributed by atoms with Crippen molar-refractivity contribution >= 4 is 17.5 Å². The summed E-state index contributed by atoms with van der Waals surface area (Å²) in [6.07, 6.45) is 2.16. The lowest BCUT2D eigenvalue weighted by atomic mass is 10.1. The lowest BCUT2D eigenvalue weighted by molar-refractivity contribution is -0.138. The number of rotatable bonds is 5. The predicted molar refractivity (Wildman–Crippen MR) is 93.4 cm³/mol. The summed E-state index contributed by atoms with van der Waals surface area (Å²) in [7, 11) is 0. The van der Waals surface area contributed by atoms with E-state index in [9.17, 15) is 10.1 Å². The number of hydrogen-bond donors (Lipinski definition) is 1. The smallest absolute Gasteiger partial charge is 0.266 e. The molecule has 128 valence electrons. The largest absolute Gasteiger partial charge is 0.389 e. The van der Waals surface area contributed by atoms with Gasteiger partial charge >= 0.3 is 0 Å². The van der Waals surface area contributed by atoms with Gasteiger partial charge in [0.1, 0.15) is 11.6 Å². The monoisotopic (exact) mass is 347 g/mol. The van der Waals surface area contributed by atoms with E-state index in [-0.39, 0.29) is 23.7 Å². The number of benzene rings is 1. The normalized spacial score (nSPS) is 21.2. The SMILES string of the molecule is CC1CN(C(=O)/C(C#N)=C\NCCc2ccccc2Cl)CC(C)O1. The van der Waals surface area contributed by atoms with Crippen LogP contribution in [0, 0.1) is 11.3 Å². The minimum Gasteiger partial charge on any atom is -0.389 e. The van der Waals surface area contributed by atoms with Gasteiger partial charge in [-0.1, -0.05) is 29.8 Å². The van der Waals surface area contributed by atoms with Crippen molar-refractivity contribution in [1.82, 2.24) is 10.2 Å². The van der Waals surface area contributed by atoms with E-state index in [1.54, 1.807) is 4.90 Å². The highest BCUT2D eigenvalue weighted by Gasteiger charge is 2.27. The van der Waals surface area contributed by atoms with E-state index in [4.69, 9.17) is 16.3 Å². The first kappa shape index (κ1) is 18.3. The number of amides is 1. The van der Waals surface area contributed by atoms with E-state index < -0.39 is 0 Å². The summed E-state index contributed by atoms with van der Waals surface area (Å²) < 4.78 is 5.61. The fourth-order valence-corrected chi connectivity index (χ4v) is 2.97. The molecule has 1 amide bonds. The third-order valence-electron chi connectivity index (χ3n) is 3.80. The zero-order valence-corrected chi connectivity index (χ0v) is 14.7. The average molecular weight is 348 g/mol. The van der Waals surface area contributed by atoms with Gasteiger partial charge in [0.15, 0.2) is 0 Å². The first-order chi connectivity index (χ1) is 11.5. The van der Waals surface area contributed by atoms with E-state index in [0.29, 0.717) is 26.1 Å². The summed E-state index contributed by atoms with van der Waals surface area (Å²) in [5, 5.41) is 13.0. The van der Waals surface area contributed by atoms with Crippen LogP contribution in [0.2, 0.25) is 5.02 Å². The van der Waals surface area contributed by atoms with Crippen molar-refractivity contribution in [2.75, 3.05) is 19.6 Å². The molecule has 1 N–H and O–H groups in total. The van der Waals surface area contributed by atoms with Crippen LogP contribution in [0.15, 0.2) is 36.0 Å². The minimum absolute atomic E-state index is 0.0224. The van der Waals surface area contributed by atoms with Crippen LogP contribution in [0.1, 0.15) is 19.4 Å². The van der Waals surface area contributed by atoms with Crippen molar-refractivity contribution in [1.29, 1.82) is 5.26 Å². The van der Waals surface area contributed by atoms with Crippen molar-refractivity contribution in [3.63, 3.8) is 0 Å². The second-order valence-corrected chi connectivity index (χ2v) is 6.34. The zero-order valence-electron chi connectivity index (χ0n) is 14.0. The molecule has 1 heterocycles. The number of hydrogen-bond acceptors (Lipinski definition) is 4. The Labute approximate surface area is 147 Å². The van der Waals surface area contributed by atoms with Gasteiger partial charge in [-0.3, -0.25) is 4.79 Å². The van der Waals surface area contributed by atoms with Crippen LogP contribution >= 0.6 is 11.6 Å². The maximum atomic E-state index is 12.5. The fraction of sp³-hybridized carbons (Fsp3) is 0.444. The molecule has 0 aromatic heterocycles. The molecular weight excluding hydrogens is 326 g/mol. The van der Waals surface area contributed by atoms with Gasteiger partial charge in [-0.15, -0.1) is 0 Å². The summed E-state index contributed by atoms with van der Waals surface area (Å²) in [5.74, 6) is -0.259. The second kappa shape index (κ2) is 8.72. The number of carbonyl (C=O) groups excluding carboxylic acids is 1. The van der Waals surface area contributed by atoms with Crippen LogP contribution in [0.25, 0.3) is 0 Å². The summed E-state index contributed by atoms with van der Waals surface area (Å²) >= 11 is 6.10. The average Bonchev–Trinajstić information content (AvgIpc) is 2.55. The zero-order chi connectivity index (χ0) is 17.5. The molecule has 1 aromatic carbocycles. The Balaban J connectivity index is 1.90. The third kappa shape index (κ3) is 4.98. The van der Waals surface area contributed by atoms with Crippen molar-refractivity contribution in [3.05, 3.63) is 46.6 Å². The lowest BCUT2D eigenvalue weighted by Gasteiger charge is -2.35. The Morgan fingerprint density at radius 3 is 2.71 bits per heavy atom. The van der Waals surface area contributed by atoms with E-state index >= 15 is 0 Å². The van der Waals surface area contributed by atoms with Gasteiger partial charge in [0.05, 0.1) is 12.2 Å². The van der Waals surface area contributed by atoms with Gasteiger partial charge in [-0.2, -0.15) is 5.26 Å². The number of nitriles is 1. The Kier molecular flexibility index (Phi) is 6.65. The summed E-state index contributed by atoms with van der Waals surface area (Å²) in [6, 6.07) is 9.60. The molecule has 2 rings (SSSR count). The molecule has 0 aliphatic carbocycles. The molecule has 24 heavy (non-hydrogen) atoms. The number of carbonyl (C=O) groups is 1. The first-order valence-electron chi connectivity index (χ1n) is 8.03. The predicted octanol–water partition coefficient (Wildman–Crippen LogP) is 2.52. The van der Waals surface area contributed by atoms with E-state index in [1.807, 2.05) is 44.2 Å². The van der Waals surface area contributed by atoms with Crippen LogP contribution < -0.4 is 5.32 Å². The van der Waals surface area contributed by atoms with Crippen molar-refractivity contribution < 1.29 is 9.53 Å². The molecule has 0 bridgehead atoms. The lowest BCUT2D eigenvalue weighted by Crippen LogP contribution is -2.48. The quantitative estimate of drug-likeness (QED) is 0.505. The standard InChI is InChI=1S/C18H22ClN3O2/c1-13-11-22(12-14(2)24-13)18(23)16(9-20)10-21-8-7-15-5-3-4-6-17(15)19/h3-6,10,13-14,21H,7-8,11-12H2,1-2H3/b16-10-. The van der Waals surface area contributed by atoms with Crippen molar-refractivity contribution in [2.24, 2.45) is 0 Å². The van der Waals surface area contributed by atoms with Crippen LogP contribution in [-0.2, 0) is 16.0 Å². The Hall–Kier alpha value is -2.03. The van der Waals surface area contributed by atoms with E-state index in [2.05, 4.69) is 5.32 Å². The van der Waals surface area contributed by atoms with Gasteiger partial charge in [0.25, 0.3) is 5.91 Å². The highest BCUT2D eigenvalue weighted by Crippen LogP contribution is 2.15. The van der Waals surface area contributed by atoms with Crippen LogP contribution in [-0.4, -0.2) is 42.6 Å². The topological polar surface area (TPSA) is 65.4 Å². The number of morpholine rings is 1. The molecular formula is C18H22ClN3O2. The van der Waals surface area contributed by atoms with Crippen molar-refractivity contribution in [3.8, 4) is 6.07 Å². The number of ether oxygens (including phenoxy) is 1. The maximum absolute atomic E-state index is 12.5. The minimum atomic E-state index is -0.259. The van der Waals surface area contributed by atoms with Gasteiger partial charge < -0.3 is 15.0 Å². The summed E-state index contributed by atoms with van der Waals surface area (Å²) in [4.78, 5) is 14.1. The highest BCUT2D eigenvalue weighted by molar-refractivity contribution is 6.31. The molecule has 0 spiro atoms. The van der Waals surface area contributed by atoms with Crippen LogP contribution in [0.4, 0.5) is 0 Å². The first-order valence-corrected chi connectivity index (χ1v) is 8.41. The molecule has 1 aliphatic rings. The molecule has 1 aliphatic heterocycles. The summed E-state index contributed by atoms with van der Waals surface area (Å²) in [5.41, 5.74) is 1.14. The van der Waals surface area contributed by atoms with Gasteiger partial charge in [0.2, 0.25) is 0 Å². The highest BCUT2D eigenvalue weighted by atomic mass is 35.5. The number of nitrogens with zero attached hydrogens (tertiary/aromatic N) is 2. The fourth-order valence-electron chi connectivity index (χ4n) is 2.74.